The van der Waals surface area contributed by atoms with E-state index in [1.54, 1.807) is 0 Å². The summed E-state index contributed by atoms with van der Waals surface area (Å²) in [4.78, 5) is 4.67. The zero-order chi connectivity index (χ0) is 16.7. The first-order valence-corrected chi connectivity index (χ1v) is 8.38. The Morgan fingerprint density at radius 3 is 2.48 bits per heavy atom. The lowest BCUT2D eigenvalue weighted by Crippen LogP contribution is -2.49. The van der Waals surface area contributed by atoms with Crippen LogP contribution < -0.4 is 4.90 Å². The third kappa shape index (κ3) is 5.24. The van der Waals surface area contributed by atoms with Crippen LogP contribution in [0.5, 0.6) is 0 Å². The molecule has 1 saturated heterocycles. The zero-order valence-electron chi connectivity index (χ0n) is 14.2. The molecule has 1 N–H and O–H groups in total. The van der Waals surface area contributed by atoms with Crippen LogP contribution >= 0.6 is 0 Å². The highest BCUT2D eigenvalue weighted by molar-refractivity contribution is 5.46. The number of benzene rings is 1. The molecule has 1 aromatic rings. The number of piperazine rings is 1. The number of para-hydroxylation sites is 1. The second kappa shape index (κ2) is 8.35. The predicted octanol–water partition coefficient (Wildman–Crippen LogP) is 1.99. The van der Waals surface area contributed by atoms with Crippen molar-refractivity contribution in [2.24, 2.45) is 0 Å². The topological polar surface area (TPSA) is 35.9 Å². The number of hydrogen-bond acceptors (Lipinski definition) is 4. The van der Waals surface area contributed by atoms with Crippen LogP contribution in [-0.4, -0.2) is 61.0 Å². The van der Waals surface area contributed by atoms with Crippen LogP contribution in [0.15, 0.2) is 30.3 Å². The molecule has 2 rings (SSSR count). The van der Waals surface area contributed by atoms with Crippen LogP contribution in [0.2, 0.25) is 0 Å². The number of β-amino-alcohol motifs (C(OH)–C–C–N with tert-alkyl or cyclic N) is 1. The van der Waals surface area contributed by atoms with Crippen molar-refractivity contribution in [3.8, 4) is 12.3 Å². The fourth-order valence-corrected chi connectivity index (χ4v) is 2.70. The van der Waals surface area contributed by atoms with Crippen molar-refractivity contribution in [2.45, 2.75) is 32.0 Å². The molecule has 0 aromatic heterocycles. The number of ether oxygens (including phenoxy) is 1. The first-order chi connectivity index (χ1) is 11.1. The lowest BCUT2D eigenvalue weighted by molar-refractivity contribution is -0.0473. The van der Waals surface area contributed by atoms with E-state index in [0.717, 1.165) is 32.6 Å². The smallest absolute Gasteiger partial charge is 0.125 e. The van der Waals surface area contributed by atoms with E-state index in [-0.39, 0.29) is 6.61 Å². The van der Waals surface area contributed by atoms with Gasteiger partial charge in [-0.2, -0.15) is 0 Å². The number of aliphatic hydroxyl groups excluding tert-OH is 1. The summed E-state index contributed by atoms with van der Waals surface area (Å²) in [5, 5.41) is 10.2. The highest BCUT2D eigenvalue weighted by Crippen LogP contribution is 2.16. The van der Waals surface area contributed by atoms with Crippen molar-refractivity contribution in [3.63, 3.8) is 0 Å². The maximum atomic E-state index is 10.2. The molecule has 2 atom stereocenters. The molecule has 1 fully saturated rings. The first-order valence-electron chi connectivity index (χ1n) is 8.38. The molecule has 4 heteroatoms. The van der Waals surface area contributed by atoms with E-state index >= 15 is 0 Å². The predicted molar refractivity (Wildman–Crippen MR) is 94.6 cm³/mol. The summed E-state index contributed by atoms with van der Waals surface area (Å²) in [7, 11) is 0. The molecule has 126 valence electrons. The van der Waals surface area contributed by atoms with E-state index in [1.165, 1.54) is 5.69 Å². The Labute approximate surface area is 140 Å². The highest BCUT2D eigenvalue weighted by Gasteiger charge is 2.23. The fourth-order valence-electron chi connectivity index (χ4n) is 2.70. The molecule has 23 heavy (non-hydrogen) atoms. The molecule has 1 aliphatic heterocycles. The van der Waals surface area contributed by atoms with Gasteiger partial charge in [0.25, 0.3) is 0 Å². The van der Waals surface area contributed by atoms with Crippen molar-refractivity contribution in [1.29, 1.82) is 0 Å². The van der Waals surface area contributed by atoms with Gasteiger partial charge in [0.15, 0.2) is 0 Å². The molecule has 0 bridgehead atoms. The van der Waals surface area contributed by atoms with Gasteiger partial charge in [0.2, 0.25) is 0 Å². The van der Waals surface area contributed by atoms with Crippen LogP contribution in [-0.2, 0) is 4.74 Å². The molecule has 0 aliphatic carbocycles. The second-order valence-electron chi connectivity index (χ2n) is 6.32. The minimum absolute atomic E-state index is 0.285. The molecular formula is C19H28N2O2. The average Bonchev–Trinajstić information content (AvgIpc) is 2.61. The monoisotopic (exact) mass is 316 g/mol. The Morgan fingerprint density at radius 2 is 1.91 bits per heavy atom. The molecule has 0 radical (unpaired) electrons. The third-order valence-electron chi connectivity index (χ3n) is 4.54. The molecule has 0 amide bonds. The maximum absolute atomic E-state index is 10.2. The van der Waals surface area contributed by atoms with E-state index < -0.39 is 11.7 Å². The molecule has 4 nitrogen and oxygen atoms in total. The summed E-state index contributed by atoms with van der Waals surface area (Å²) in [6.07, 6.45) is 5.73. The van der Waals surface area contributed by atoms with Crippen LogP contribution in [0, 0.1) is 12.3 Å². The Bertz CT molecular complexity index is 506. The molecule has 2 unspecified atom stereocenters. The molecule has 1 aliphatic rings. The van der Waals surface area contributed by atoms with Gasteiger partial charge in [0, 0.05) is 38.4 Å². The van der Waals surface area contributed by atoms with Crippen molar-refractivity contribution < 1.29 is 9.84 Å². The summed E-state index contributed by atoms with van der Waals surface area (Å²) in [5.74, 6) is 2.66. The number of hydrogen-bond donors (Lipinski definition) is 1. The van der Waals surface area contributed by atoms with Gasteiger partial charge in [-0.25, -0.2) is 0 Å². The standard InChI is InChI=1S/C19H28N2O2/c1-4-19(3,5-2)23-16-18(22)15-20-11-13-21(14-12-20)17-9-7-6-8-10-17/h1,6-10,18,22H,5,11-16H2,2-3H3. The van der Waals surface area contributed by atoms with E-state index in [0.29, 0.717) is 6.54 Å². The molecule has 1 aromatic carbocycles. The van der Waals surface area contributed by atoms with Crippen LogP contribution in [0.3, 0.4) is 0 Å². The summed E-state index contributed by atoms with van der Waals surface area (Å²) in [6, 6.07) is 10.5. The van der Waals surface area contributed by atoms with Crippen molar-refractivity contribution in [3.05, 3.63) is 30.3 Å². The number of terminal acetylenes is 1. The summed E-state index contributed by atoms with van der Waals surface area (Å²) in [6.45, 7) is 8.66. The number of rotatable bonds is 7. The van der Waals surface area contributed by atoms with Crippen LogP contribution in [0.4, 0.5) is 5.69 Å². The normalized spacial score (nSPS) is 19.8. The van der Waals surface area contributed by atoms with Crippen LogP contribution in [0.25, 0.3) is 0 Å². The van der Waals surface area contributed by atoms with Gasteiger partial charge in [-0.05, 0) is 25.5 Å². The van der Waals surface area contributed by atoms with Gasteiger partial charge in [-0.1, -0.05) is 31.0 Å². The first kappa shape index (κ1) is 17.8. The lowest BCUT2D eigenvalue weighted by Gasteiger charge is -2.37. The van der Waals surface area contributed by atoms with E-state index in [1.807, 2.05) is 19.9 Å². The maximum Gasteiger partial charge on any atom is 0.125 e. The number of nitrogens with zero attached hydrogens (tertiary/aromatic N) is 2. The zero-order valence-corrected chi connectivity index (χ0v) is 14.2. The quantitative estimate of drug-likeness (QED) is 0.781. The highest BCUT2D eigenvalue weighted by atomic mass is 16.5. The fraction of sp³-hybridized carbons (Fsp3) is 0.579. The Kier molecular flexibility index (Phi) is 6.47. The largest absolute Gasteiger partial charge is 0.389 e. The molecule has 1 heterocycles. The van der Waals surface area contributed by atoms with Crippen LogP contribution in [0.1, 0.15) is 20.3 Å². The minimum atomic E-state index is -0.576. The Morgan fingerprint density at radius 1 is 1.26 bits per heavy atom. The lowest BCUT2D eigenvalue weighted by atomic mass is 10.1. The summed E-state index contributed by atoms with van der Waals surface area (Å²) < 4.78 is 5.70. The van der Waals surface area contributed by atoms with Gasteiger partial charge in [0.1, 0.15) is 5.60 Å². The van der Waals surface area contributed by atoms with Gasteiger partial charge in [0.05, 0.1) is 12.7 Å². The van der Waals surface area contributed by atoms with Crippen molar-refractivity contribution in [1.82, 2.24) is 4.90 Å². The van der Waals surface area contributed by atoms with Crippen molar-refractivity contribution >= 4 is 5.69 Å². The van der Waals surface area contributed by atoms with Gasteiger partial charge >= 0.3 is 0 Å². The van der Waals surface area contributed by atoms with Gasteiger partial charge < -0.3 is 14.7 Å². The second-order valence-corrected chi connectivity index (χ2v) is 6.32. The van der Waals surface area contributed by atoms with Crippen molar-refractivity contribution in [2.75, 3.05) is 44.2 Å². The third-order valence-corrected chi connectivity index (χ3v) is 4.54. The van der Waals surface area contributed by atoms with Gasteiger partial charge in [-0.15, -0.1) is 6.42 Å². The molecular weight excluding hydrogens is 288 g/mol. The SMILES string of the molecule is C#CC(C)(CC)OCC(O)CN1CCN(c2ccccc2)CC1. The average molecular weight is 316 g/mol. The van der Waals surface area contributed by atoms with Gasteiger partial charge in [-0.3, -0.25) is 4.90 Å². The summed E-state index contributed by atoms with van der Waals surface area (Å²) in [5.41, 5.74) is 0.691. The Hall–Kier alpha value is -1.54. The van der Waals surface area contributed by atoms with E-state index in [4.69, 9.17) is 11.2 Å². The summed E-state index contributed by atoms with van der Waals surface area (Å²) >= 11 is 0. The number of aliphatic hydroxyl groups is 1. The molecule has 0 spiro atoms. The van der Waals surface area contributed by atoms with E-state index in [2.05, 4.69) is 40.0 Å². The van der Waals surface area contributed by atoms with E-state index in [9.17, 15) is 5.11 Å². The number of anilines is 1. The minimum Gasteiger partial charge on any atom is -0.389 e. The Balaban J connectivity index is 1.73. The molecule has 0 saturated carbocycles.